The molecule has 7 heteroatoms. The van der Waals surface area contributed by atoms with Crippen LogP contribution in [0.1, 0.15) is 29.4 Å². The minimum absolute atomic E-state index is 0.129. The van der Waals surface area contributed by atoms with Crippen molar-refractivity contribution in [2.75, 3.05) is 13.6 Å². The van der Waals surface area contributed by atoms with Gasteiger partial charge in [-0.05, 0) is 11.1 Å². The lowest BCUT2D eigenvalue weighted by Gasteiger charge is -2.20. The number of alkyl halides is 2. The second-order valence-electron chi connectivity index (χ2n) is 6.21. The Hall–Kier alpha value is -3.22. The third kappa shape index (κ3) is 4.94. The average Bonchev–Trinajstić information content (AvgIpc) is 3.21. The van der Waals surface area contributed by atoms with Crippen LogP contribution in [0.2, 0.25) is 0 Å². The summed E-state index contributed by atoms with van der Waals surface area (Å²) in [4.78, 5) is 8.16. The minimum Gasteiger partial charge on any atom is -0.355 e. The van der Waals surface area contributed by atoms with Gasteiger partial charge in [-0.15, -0.1) is 0 Å². The largest absolute Gasteiger partial charge is 0.355 e. The lowest BCUT2D eigenvalue weighted by molar-refractivity contribution is 0.0668. The topological polar surface area (TPSA) is 54.2 Å². The molecule has 0 saturated heterocycles. The van der Waals surface area contributed by atoms with E-state index < -0.39 is 6.55 Å². The van der Waals surface area contributed by atoms with Crippen molar-refractivity contribution < 1.29 is 8.78 Å². The van der Waals surface area contributed by atoms with Crippen LogP contribution < -0.4 is 10.6 Å². The summed E-state index contributed by atoms with van der Waals surface area (Å²) in [6, 6.07) is 20.4. The Morgan fingerprint density at radius 2 is 1.61 bits per heavy atom. The highest BCUT2D eigenvalue weighted by Gasteiger charge is 2.15. The maximum Gasteiger partial charge on any atom is 0.319 e. The van der Waals surface area contributed by atoms with Crippen molar-refractivity contribution >= 4 is 5.96 Å². The molecular formula is C21H23F2N5. The van der Waals surface area contributed by atoms with E-state index >= 15 is 0 Å². The molecule has 146 valence electrons. The lowest BCUT2D eigenvalue weighted by atomic mass is 9.91. The maximum atomic E-state index is 12.9. The standard InChI is InChI=1S/C21H23F2N5/c1-24-21(27-15-19-25-12-13-28(19)20(22)23)26-14-18(16-8-4-2-5-9-16)17-10-6-3-7-11-17/h2-13,18,20H,14-15H2,1H3,(H2,24,26,27). The van der Waals surface area contributed by atoms with Gasteiger partial charge in [0.2, 0.25) is 0 Å². The molecule has 0 bridgehead atoms. The van der Waals surface area contributed by atoms with Crippen LogP contribution in [0.15, 0.2) is 78.0 Å². The minimum atomic E-state index is -2.62. The Kier molecular flexibility index (Phi) is 6.73. The van der Waals surface area contributed by atoms with Gasteiger partial charge in [-0.1, -0.05) is 60.7 Å². The van der Waals surface area contributed by atoms with Crippen LogP contribution in [-0.4, -0.2) is 29.1 Å². The zero-order valence-corrected chi connectivity index (χ0v) is 15.6. The molecule has 0 spiro atoms. The second kappa shape index (κ2) is 9.64. The number of halogens is 2. The summed E-state index contributed by atoms with van der Waals surface area (Å²) >= 11 is 0. The molecule has 0 aliphatic rings. The van der Waals surface area contributed by atoms with Crippen molar-refractivity contribution in [3.05, 3.63) is 90.0 Å². The molecule has 1 heterocycles. The number of hydrogen-bond acceptors (Lipinski definition) is 2. The fourth-order valence-corrected chi connectivity index (χ4v) is 3.04. The monoisotopic (exact) mass is 383 g/mol. The number of nitrogens with zero attached hydrogens (tertiary/aromatic N) is 3. The number of nitrogens with one attached hydrogen (secondary N) is 2. The number of rotatable bonds is 7. The summed E-state index contributed by atoms with van der Waals surface area (Å²) in [7, 11) is 1.65. The summed E-state index contributed by atoms with van der Waals surface area (Å²) in [5, 5.41) is 6.34. The molecule has 28 heavy (non-hydrogen) atoms. The summed E-state index contributed by atoms with van der Waals surface area (Å²) in [5.74, 6) is 0.908. The van der Waals surface area contributed by atoms with Crippen LogP contribution in [-0.2, 0) is 6.54 Å². The van der Waals surface area contributed by atoms with Crippen LogP contribution >= 0.6 is 0 Å². The molecule has 0 radical (unpaired) electrons. The van der Waals surface area contributed by atoms with E-state index in [0.717, 1.165) is 4.57 Å². The number of benzene rings is 2. The molecule has 0 aliphatic carbocycles. The van der Waals surface area contributed by atoms with Crippen molar-refractivity contribution in [3.63, 3.8) is 0 Å². The zero-order chi connectivity index (χ0) is 19.8. The second-order valence-corrected chi connectivity index (χ2v) is 6.21. The van der Waals surface area contributed by atoms with Crippen molar-refractivity contribution in [1.82, 2.24) is 20.2 Å². The van der Waals surface area contributed by atoms with E-state index in [1.165, 1.54) is 23.5 Å². The van der Waals surface area contributed by atoms with Gasteiger partial charge in [0, 0.05) is 31.9 Å². The van der Waals surface area contributed by atoms with Gasteiger partial charge in [0.25, 0.3) is 0 Å². The SMILES string of the molecule is CN=C(NCc1nccn1C(F)F)NCC(c1ccccc1)c1ccccc1. The van der Waals surface area contributed by atoms with Crippen molar-refractivity contribution in [2.45, 2.75) is 19.0 Å². The van der Waals surface area contributed by atoms with Crippen LogP contribution in [0, 0.1) is 0 Å². The van der Waals surface area contributed by atoms with E-state index in [2.05, 4.69) is 44.9 Å². The molecule has 3 rings (SSSR count). The Bertz CT molecular complexity index is 839. The average molecular weight is 383 g/mol. The van der Waals surface area contributed by atoms with Gasteiger partial charge < -0.3 is 10.6 Å². The molecule has 3 aromatic rings. The number of aliphatic imine (C=N–C) groups is 1. The molecule has 2 aromatic carbocycles. The first kappa shape index (κ1) is 19.5. The number of aromatic nitrogens is 2. The normalized spacial score (nSPS) is 11.8. The molecule has 0 unspecified atom stereocenters. The van der Waals surface area contributed by atoms with E-state index in [-0.39, 0.29) is 18.3 Å². The molecular weight excluding hydrogens is 360 g/mol. The van der Waals surface area contributed by atoms with E-state index in [9.17, 15) is 8.78 Å². The first-order chi connectivity index (χ1) is 13.7. The fourth-order valence-electron chi connectivity index (χ4n) is 3.04. The van der Waals surface area contributed by atoms with Gasteiger partial charge in [-0.25, -0.2) is 4.98 Å². The van der Waals surface area contributed by atoms with Crippen LogP contribution in [0.5, 0.6) is 0 Å². The van der Waals surface area contributed by atoms with Crippen LogP contribution in [0.3, 0.4) is 0 Å². The van der Waals surface area contributed by atoms with Gasteiger partial charge >= 0.3 is 6.55 Å². The van der Waals surface area contributed by atoms with Crippen LogP contribution in [0.4, 0.5) is 8.78 Å². The Labute approximate surface area is 163 Å². The van der Waals surface area contributed by atoms with Gasteiger partial charge in [0.05, 0.1) is 6.54 Å². The van der Waals surface area contributed by atoms with E-state index in [4.69, 9.17) is 0 Å². The zero-order valence-electron chi connectivity index (χ0n) is 15.6. The fraction of sp³-hybridized carbons (Fsp3) is 0.238. The van der Waals surface area contributed by atoms with Gasteiger partial charge in [0.15, 0.2) is 5.96 Å². The van der Waals surface area contributed by atoms with Crippen molar-refractivity contribution in [3.8, 4) is 0 Å². The van der Waals surface area contributed by atoms with Crippen LogP contribution in [0.25, 0.3) is 0 Å². The third-order valence-electron chi connectivity index (χ3n) is 4.47. The highest BCUT2D eigenvalue weighted by Crippen LogP contribution is 2.23. The number of imidazole rings is 1. The van der Waals surface area contributed by atoms with E-state index in [1.807, 2.05) is 36.4 Å². The Balaban J connectivity index is 1.67. The molecule has 0 saturated carbocycles. The molecule has 0 amide bonds. The van der Waals surface area contributed by atoms with Crippen molar-refractivity contribution in [1.29, 1.82) is 0 Å². The van der Waals surface area contributed by atoms with Gasteiger partial charge in [-0.3, -0.25) is 9.56 Å². The quantitative estimate of drug-likeness (QED) is 0.482. The maximum absolute atomic E-state index is 12.9. The summed E-state index contributed by atoms with van der Waals surface area (Å²) in [5.41, 5.74) is 2.37. The highest BCUT2D eigenvalue weighted by molar-refractivity contribution is 5.79. The summed E-state index contributed by atoms with van der Waals surface area (Å²) in [6.45, 7) is -1.86. The molecule has 5 nitrogen and oxygen atoms in total. The van der Waals surface area contributed by atoms with E-state index in [1.54, 1.807) is 7.05 Å². The predicted molar refractivity (Wildman–Crippen MR) is 106 cm³/mol. The first-order valence-corrected chi connectivity index (χ1v) is 9.03. The van der Waals surface area contributed by atoms with Gasteiger partial charge in [0.1, 0.15) is 5.82 Å². The molecule has 0 aliphatic heterocycles. The lowest BCUT2D eigenvalue weighted by Crippen LogP contribution is -2.39. The predicted octanol–water partition coefficient (Wildman–Crippen LogP) is 3.78. The molecule has 0 atom stereocenters. The summed E-state index contributed by atoms with van der Waals surface area (Å²) in [6.07, 6.45) is 2.62. The first-order valence-electron chi connectivity index (χ1n) is 9.03. The van der Waals surface area contributed by atoms with Gasteiger partial charge in [-0.2, -0.15) is 8.78 Å². The van der Waals surface area contributed by atoms with E-state index in [0.29, 0.717) is 12.5 Å². The van der Waals surface area contributed by atoms with Crippen molar-refractivity contribution in [2.24, 2.45) is 4.99 Å². The number of hydrogen-bond donors (Lipinski definition) is 2. The Morgan fingerprint density at radius 3 is 2.14 bits per heavy atom. The smallest absolute Gasteiger partial charge is 0.319 e. The molecule has 1 aromatic heterocycles. The summed E-state index contributed by atoms with van der Waals surface area (Å²) < 4.78 is 26.7. The number of guanidine groups is 1. The third-order valence-corrected chi connectivity index (χ3v) is 4.47. The molecule has 2 N–H and O–H groups in total. The Morgan fingerprint density at radius 1 is 1.00 bits per heavy atom. The molecule has 0 fully saturated rings. The highest BCUT2D eigenvalue weighted by atomic mass is 19.3.